The maximum Gasteiger partial charge on any atom is 0.243 e. The summed E-state index contributed by atoms with van der Waals surface area (Å²) in [5, 5.41) is 84.6. The summed E-state index contributed by atoms with van der Waals surface area (Å²) in [5.41, 5.74) is 0. The van der Waals surface area contributed by atoms with Crippen LogP contribution in [0.25, 0.3) is 0 Å². The largest absolute Gasteiger partial charge is 0.394 e. The average molecular weight is 486 g/mol. The molecule has 2 fully saturated rings. The van der Waals surface area contributed by atoms with Gasteiger partial charge in [0.2, 0.25) is 11.8 Å². The highest BCUT2D eigenvalue weighted by molar-refractivity contribution is 7.80. The predicted molar refractivity (Wildman–Crippen MR) is 106 cm³/mol. The van der Waals surface area contributed by atoms with Crippen LogP contribution < -0.4 is 10.6 Å². The number of aliphatic hydroxyl groups is 8. The second kappa shape index (κ2) is 11.3. The van der Waals surface area contributed by atoms with Crippen LogP contribution in [0.15, 0.2) is 0 Å². The molecule has 0 aromatic carbocycles. The number of thiol groups is 1. The van der Waals surface area contributed by atoms with Gasteiger partial charge in [-0.3, -0.25) is 9.59 Å². The molecule has 14 nitrogen and oxygen atoms in total. The van der Waals surface area contributed by atoms with Gasteiger partial charge in [-0.2, -0.15) is 12.6 Å². The third-order valence-corrected chi connectivity index (χ3v) is 5.80. The highest BCUT2D eigenvalue weighted by atomic mass is 32.1. The Labute approximate surface area is 188 Å². The molecule has 2 amide bonds. The van der Waals surface area contributed by atoms with Crippen LogP contribution in [-0.2, 0) is 19.1 Å². The Balaban J connectivity index is 2.27. The van der Waals surface area contributed by atoms with Crippen LogP contribution in [0.4, 0.5) is 0 Å². The summed E-state index contributed by atoms with van der Waals surface area (Å²) in [7, 11) is 0. The number of aliphatic hydroxyl groups excluding tert-OH is 8. The molecule has 1 saturated carbocycles. The number of nitrogens with one attached hydrogen (secondary N) is 2. The molecule has 1 aliphatic heterocycles. The molecule has 2 aliphatic rings. The molecule has 186 valence electrons. The van der Waals surface area contributed by atoms with E-state index in [0.29, 0.717) is 0 Å². The summed E-state index contributed by atoms with van der Waals surface area (Å²) in [4.78, 5) is 23.8. The summed E-state index contributed by atoms with van der Waals surface area (Å²) in [6.07, 6.45) is -17.8. The second-order valence-electron chi connectivity index (χ2n) is 7.73. The molecule has 15 heteroatoms. The molecule has 0 bridgehead atoms. The molecular weight excluding hydrogens is 456 g/mol. The molecular formula is C17H30N2O12S. The fourth-order valence-electron chi connectivity index (χ4n) is 3.57. The lowest BCUT2D eigenvalue weighted by molar-refractivity contribution is -0.319. The SMILES string of the molecule is CC(=O)N[C@@H](CS)C(=O)N[C@H]1[C@@H](OC2[C@@H](O)[C@@H](O)C(O)[C@@H](O)[C@H]2O)O[C@H](CO)[C@@H](O)[C@@H]1O. The Bertz CT molecular complexity index is 643. The van der Waals surface area contributed by atoms with Crippen molar-refractivity contribution >= 4 is 24.4 Å². The van der Waals surface area contributed by atoms with Crippen LogP contribution in [0, 0.1) is 0 Å². The number of hydrogen-bond donors (Lipinski definition) is 11. The van der Waals surface area contributed by atoms with E-state index in [1.807, 2.05) is 0 Å². The van der Waals surface area contributed by atoms with Gasteiger partial charge in [0.15, 0.2) is 6.29 Å². The van der Waals surface area contributed by atoms with Crippen LogP contribution in [0.1, 0.15) is 6.92 Å². The van der Waals surface area contributed by atoms with Crippen molar-refractivity contribution in [1.29, 1.82) is 0 Å². The average Bonchev–Trinajstić information content (AvgIpc) is 2.76. The zero-order chi connectivity index (χ0) is 24.3. The molecule has 10 N–H and O–H groups in total. The highest BCUT2D eigenvalue weighted by Gasteiger charge is 2.53. The summed E-state index contributed by atoms with van der Waals surface area (Å²) in [6.45, 7) is 0.393. The van der Waals surface area contributed by atoms with Crippen molar-refractivity contribution in [3.63, 3.8) is 0 Å². The van der Waals surface area contributed by atoms with Crippen LogP contribution in [-0.4, -0.2) is 138 Å². The Morgan fingerprint density at radius 2 is 1.47 bits per heavy atom. The van der Waals surface area contributed by atoms with E-state index in [-0.39, 0.29) is 5.75 Å². The number of amides is 2. The van der Waals surface area contributed by atoms with E-state index in [2.05, 4.69) is 23.3 Å². The van der Waals surface area contributed by atoms with Gasteiger partial charge in [0.1, 0.15) is 67.0 Å². The van der Waals surface area contributed by atoms with Crippen LogP contribution in [0.2, 0.25) is 0 Å². The van der Waals surface area contributed by atoms with E-state index < -0.39 is 91.7 Å². The van der Waals surface area contributed by atoms with Gasteiger partial charge >= 0.3 is 0 Å². The summed E-state index contributed by atoms with van der Waals surface area (Å²) < 4.78 is 10.8. The predicted octanol–water partition coefficient (Wildman–Crippen LogP) is -6.45. The molecule has 2 unspecified atom stereocenters. The van der Waals surface area contributed by atoms with Crippen molar-refractivity contribution in [2.75, 3.05) is 12.4 Å². The van der Waals surface area contributed by atoms with Gasteiger partial charge in [0.05, 0.1) is 6.61 Å². The van der Waals surface area contributed by atoms with E-state index in [4.69, 9.17) is 9.47 Å². The normalized spacial score (nSPS) is 43.4. The van der Waals surface area contributed by atoms with Crippen molar-refractivity contribution in [1.82, 2.24) is 10.6 Å². The Kier molecular flexibility index (Phi) is 9.62. The van der Waals surface area contributed by atoms with Crippen molar-refractivity contribution in [2.45, 2.75) is 80.2 Å². The van der Waals surface area contributed by atoms with Gasteiger partial charge in [0, 0.05) is 12.7 Å². The lowest BCUT2D eigenvalue weighted by Crippen LogP contribution is -2.69. The number of ether oxygens (including phenoxy) is 2. The van der Waals surface area contributed by atoms with Crippen LogP contribution in [0.5, 0.6) is 0 Å². The summed E-state index contributed by atoms with van der Waals surface area (Å²) in [6, 6.07) is -2.68. The van der Waals surface area contributed by atoms with Crippen LogP contribution in [0.3, 0.4) is 0 Å². The smallest absolute Gasteiger partial charge is 0.243 e. The third kappa shape index (κ3) is 5.68. The lowest BCUT2D eigenvalue weighted by Gasteiger charge is -2.47. The molecule has 1 aliphatic carbocycles. The summed E-state index contributed by atoms with van der Waals surface area (Å²) in [5.74, 6) is -1.51. The van der Waals surface area contributed by atoms with Crippen LogP contribution >= 0.6 is 12.6 Å². The molecule has 1 heterocycles. The minimum absolute atomic E-state index is 0.126. The second-order valence-corrected chi connectivity index (χ2v) is 8.10. The lowest BCUT2D eigenvalue weighted by atomic mass is 9.84. The highest BCUT2D eigenvalue weighted by Crippen LogP contribution is 2.29. The van der Waals surface area contributed by atoms with Gasteiger partial charge < -0.3 is 61.0 Å². The van der Waals surface area contributed by atoms with Gasteiger partial charge in [-0.15, -0.1) is 0 Å². The van der Waals surface area contributed by atoms with E-state index in [0.717, 1.165) is 0 Å². The van der Waals surface area contributed by atoms with Gasteiger partial charge in [-0.05, 0) is 0 Å². The molecule has 0 radical (unpaired) electrons. The van der Waals surface area contributed by atoms with E-state index >= 15 is 0 Å². The monoisotopic (exact) mass is 486 g/mol. The summed E-state index contributed by atoms with van der Waals surface area (Å²) >= 11 is 3.97. The fourth-order valence-corrected chi connectivity index (χ4v) is 3.83. The van der Waals surface area contributed by atoms with Crippen molar-refractivity contribution in [3.05, 3.63) is 0 Å². The molecule has 1 saturated heterocycles. The maximum absolute atomic E-state index is 12.6. The Morgan fingerprint density at radius 1 is 0.938 bits per heavy atom. The Morgan fingerprint density at radius 3 is 1.94 bits per heavy atom. The first-order valence-corrected chi connectivity index (χ1v) is 10.4. The maximum atomic E-state index is 12.6. The molecule has 0 aromatic heterocycles. The zero-order valence-corrected chi connectivity index (χ0v) is 17.9. The third-order valence-electron chi connectivity index (χ3n) is 5.43. The first-order chi connectivity index (χ1) is 14.9. The minimum atomic E-state index is -1.91. The minimum Gasteiger partial charge on any atom is -0.394 e. The topological polar surface area (TPSA) is 238 Å². The standard InChI is InChI=1S/C17H30N2O12S/c1-4(21)18-5(3-32)16(29)19-7-9(23)8(22)6(2-20)30-17(7)31-15-13(27)11(25)10(24)12(26)14(15)28/h5-15,17,20,22-28,32H,2-3H2,1H3,(H,18,21)(H,19,29)/t5-,6+,7+,8+,9+,10?,11-,12+,13-,14+,15?,17+/m0/s1. The number of hydrogen-bond acceptors (Lipinski definition) is 13. The number of carbonyl (C=O) groups excluding carboxylic acids is 2. The Hall–Kier alpha value is -1.11. The van der Waals surface area contributed by atoms with E-state index in [9.17, 15) is 50.4 Å². The molecule has 12 atom stereocenters. The number of rotatable bonds is 7. The fraction of sp³-hybridized carbons (Fsp3) is 0.882. The molecule has 32 heavy (non-hydrogen) atoms. The van der Waals surface area contributed by atoms with Crippen molar-refractivity contribution < 1.29 is 59.9 Å². The quantitative estimate of drug-likeness (QED) is 0.151. The van der Waals surface area contributed by atoms with Crippen molar-refractivity contribution in [3.8, 4) is 0 Å². The van der Waals surface area contributed by atoms with E-state index in [1.54, 1.807) is 0 Å². The molecule has 2 rings (SSSR count). The molecule has 0 spiro atoms. The first kappa shape index (κ1) is 27.1. The van der Waals surface area contributed by atoms with Gasteiger partial charge in [-0.25, -0.2) is 0 Å². The zero-order valence-electron chi connectivity index (χ0n) is 17.0. The van der Waals surface area contributed by atoms with Gasteiger partial charge in [0.25, 0.3) is 0 Å². The first-order valence-electron chi connectivity index (χ1n) is 9.81. The van der Waals surface area contributed by atoms with Crippen molar-refractivity contribution in [2.24, 2.45) is 0 Å². The van der Waals surface area contributed by atoms with Gasteiger partial charge in [-0.1, -0.05) is 0 Å². The molecule has 0 aromatic rings. The number of carbonyl (C=O) groups is 2. The van der Waals surface area contributed by atoms with E-state index in [1.165, 1.54) is 6.92 Å².